The SMILES string of the molecule is O=C(Oc1c(Br)cccc1Br)c1c2ccccc2[n+](C(=O)ON2C(=O)CCC2=O)c2ccccc12. The van der Waals surface area contributed by atoms with Crippen LogP contribution >= 0.6 is 31.9 Å². The Labute approximate surface area is 215 Å². The number of para-hydroxylation sites is 3. The molecule has 0 spiro atoms. The molecule has 0 saturated carbocycles. The highest BCUT2D eigenvalue weighted by Gasteiger charge is 2.38. The molecule has 0 unspecified atom stereocenters. The molecule has 0 aliphatic carbocycles. The first-order valence-electron chi connectivity index (χ1n) is 10.5. The zero-order valence-corrected chi connectivity index (χ0v) is 21.0. The highest BCUT2D eigenvalue weighted by atomic mass is 79.9. The molecule has 8 nitrogen and oxygen atoms in total. The average Bonchev–Trinajstić information content (AvgIpc) is 3.16. The van der Waals surface area contributed by atoms with Crippen molar-refractivity contribution in [3.05, 3.63) is 81.2 Å². The smallest absolute Gasteiger partial charge is 0.420 e. The Bertz CT molecular complexity index is 1480. The van der Waals surface area contributed by atoms with Gasteiger partial charge in [-0.3, -0.25) is 14.4 Å². The summed E-state index contributed by atoms with van der Waals surface area (Å²) in [5.41, 5.74) is 0.929. The Morgan fingerprint density at radius 2 is 1.29 bits per heavy atom. The number of hydroxylamine groups is 2. The van der Waals surface area contributed by atoms with Crippen molar-refractivity contribution in [1.29, 1.82) is 0 Å². The molecule has 1 aliphatic heterocycles. The number of nitrogens with zero attached hydrogens (tertiary/aromatic N) is 2. The molecule has 0 radical (unpaired) electrons. The van der Waals surface area contributed by atoms with Crippen LogP contribution in [0.25, 0.3) is 21.8 Å². The number of ether oxygens (including phenoxy) is 1. The number of halogens is 2. The second-order valence-electron chi connectivity index (χ2n) is 7.62. The lowest BCUT2D eigenvalue weighted by molar-refractivity contribution is -0.536. The fourth-order valence-electron chi connectivity index (χ4n) is 3.95. The summed E-state index contributed by atoms with van der Waals surface area (Å²) in [6.07, 6.45) is -0.990. The Balaban J connectivity index is 1.68. The van der Waals surface area contributed by atoms with Crippen molar-refractivity contribution in [3.63, 3.8) is 0 Å². The first kappa shape index (κ1) is 23.1. The lowest BCUT2D eigenvalue weighted by Crippen LogP contribution is -2.49. The maximum Gasteiger partial charge on any atom is 0.628 e. The first-order chi connectivity index (χ1) is 16.9. The maximum absolute atomic E-state index is 13.5. The predicted molar refractivity (Wildman–Crippen MR) is 131 cm³/mol. The Morgan fingerprint density at radius 1 is 0.771 bits per heavy atom. The van der Waals surface area contributed by atoms with Crippen molar-refractivity contribution in [2.24, 2.45) is 0 Å². The molecule has 1 fully saturated rings. The lowest BCUT2D eigenvalue weighted by atomic mass is 10.0. The van der Waals surface area contributed by atoms with Crippen LogP contribution in [0.2, 0.25) is 0 Å². The Morgan fingerprint density at radius 3 is 1.83 bits per heavy atom. The molecule has 0 N–H and O–H groups in total. The summed E-state index contributed by atoms with van der Waals surface area (Å²) >= 11 is 6.79. The molecule has 35 heavy (non-hydrogen) atoms. The summed E-state index contributed by atoms with van der Waals surface area (Å²) in [4.78, 5) is 55.9. The molecular weight excluding hydrogens is 584 g/mol. The van der Waals surface area contributed by atoms with Crippen LogP contribution in [0.4, 0.5) is 4.79 Å². The van der Waals surface area contributed by atoms with Crippen molar-refractivity contribution >= 4 is 77.5 Å². The van der Waals surface area contributed by atoms with E-state index in [4.69, 9.17) is 9.57 Å². The molecule has 0 atom stereocenters. The minimum atomic E-state index is -0.950. The largest absolute Gasteiger partial charge is 0.628 e. The molecule has 5 rings (SSSR count). The van der Waals surface area contributed by atoms with Crippen LogP contribution in [-0.2, 0) is 14.4 Å². The minimum absolute atomic E-state index is 0.0202. The van der Waals surface area contributed by atoms with Crippen LogP contribution in [0, 0.1) is 0 Å². The van der Waals surface area contributed by atoms with Gasteiger partial charge in [-0.05, 0) is 56.1 Å². The van der Waals surface area contributed by atoms with E-state index >= 15 is 0 Å². The molecule has 4 aromatic rings. The third-order valence-electron chi connectivity index (χ3n) is 5.50. The highest BCUT2D eigenvalue weighted by molar-refractivity contribution is 9.11. The molecule has 10 heteroatoms. The summed E-state index contributed by atoms with van der Waals surface area (Å²) < 4.78 is 8.16. The first-order valence-corrected chi connectivity index (χ1v) is 12.0. The number of pyridine rings is 1. The summed E-state index contributed by atoms with van der Waals surface area (Å²) in [6.45, 7) is 0. The Kier molecular flexibility index (Phi) is 6.08. The van der Waals surface area contributed by atoms with Crippen LogP contribution in [-0.4, -0.2) is 28.9 Å². The molecule has 1 saturated heterocycles. The van der Waals surface area contributed by atoms with E-state index in [9.17, 15) is 19.2 Å². The van der Waals surface area contributed by atoms with Gasteiger partial charge in [-0.2, -0.15) is 4.79 Å². The molecule has 174 valence electrons. The van der Waals surface area contributed by atoms with E-state index < -0.39 is 23.9 Å². The normalized spacial score (nSPS) is 13.5. The van der Waals surface area contributed by atoms with Crippen LogP contribution < -0.4 is 9.30 Å². The van der Waals surface area contributed by atoms with Gasteiger partial charge in [0.2, 0.25) is 11.0 Å². The second kappa shape index (κ2) is 9.20. The summed E-state index contributed by atoms with van der Waals surface area (Å²) in [7, 11) is 0. The topological polar surface area (TPSA) is 93.9 Å². The van der Waals surface area contributed by atoms with E-state index in [-0.39, 0.29) is 18.4 Å². The van der Waals surface area contributed by atoms with Crippen molar-refractivity contribution in [2.45, 2.75) is 12.8 Å². The van der Waals surface area contributed by atoms with Crippen LogP contribution in [0.15, 0.2) is 75.7 Å². The number of imide groups is 1. The summed E-state index contributed by atoms with van der Waals surface area (Å²) in [5, 5.41) is 1.34. The number of fused-ring (bicyclic) bond motifs is 2. The van der Waals surface area contributed by atoms with E-state index in [1.54, 1.807) is 66.7 Å². The zero-order chi connectivity index (χ0) is 24.7. The third kappa shape index (κ3) is 4.08. The number of hydrogen-bond donors (Lipinski definition) is 0. The van der Waals surface area contributed by atoms with E-state index in [2.05, 4.69) is 31.9 Å². The average molecular weight is 599 g/mol. The molecule has 1 aromatic heterocycles. The molecule has 0 bridgehead atoms. The molecule has 2 heterocycles. The van der Waals surface area contributed by atoms with E-state index in [0.29, 0.717) is 41.6 Å². The number of hydrogen-bond acceptors (Lipinski definition) is 6. The van der Waals surface area contributed by atoms with Crippen molar-refractivity contribution in [1.82, 2.24) is 5.06 Å². The third-order valence-corrected chi connectivity index (χ3v) is 6.75. The Hall–Kier alpha value is -3.63. The second-order valence-corrected chi connectivity index (χ2v) is 9.33. The highest BCUT2D eigenvalue weighted by Crippen LogP contribution is 2.35. The molecule has 2 amide bonds. The van der Waals surface area contributed by atoms with Crippen molar-refractivity contribution < 1.29 is 33.3 Å². The lowest BCUT2D eigenvalue weighted by Gasteiger charge is -2.13. The monoisotopic (exact) mass is 597 g/mol. The molecule has 1 aliphatic rings. The quantitative estimate of drug-likeness (QED) is 0.107. The molecule has 3 aromatic carbocycles. The van der Waals surface area contributed by atoms with Gasteiger partial charge in [0.05, 0.1) is 25.3 Å². The number of esters is 1. The van der Waals surface area contributed by atoms with E-state index in [0.717, 1.165) is 0 Å². The van der Waals surface area contributed by atoms with Gasteiger partial charge >= 0.3 is 12.1 Å². The molecular formula is C25H15Br2N2O6+. The predicted octanol–water partition coefficient (Wildman–Crippen LogP) is 5.07. The summed E-state index contributed by atoms with van der Waals surface area (Å²) in [6, 6.07) is 18.8. The number of benzene rings is 3. The van der Waals surface area contributed by atoms with Gasteiger partial charge in [0, 0.05) is 25.0 Å². The van der Waals surface area contributed by atoms with Gasteiger partial charge in [0.15, 0.2) is 5.75 Å². The zero-order valence-electron chi connectivity index (χ0n) is 17.9. The van der Waals surface area contributed by atoms with Crippen LogP contribution in [0.1, 0.15) is 23.2 Å². The minimum Gasteiger partial charge on any atom is -0.420 e. The van der Waals surface area contributed by atoms with Crippen molar-refractivity contribution in [2.75, 3.05) is 0 Å². The van der Waals surface area contributed by atoms with Crippen LogP contribution in [0.5, 0.6) is 5.75 Å². The van der Waals surface area contributed by atoms with Crippen molar-refractivity contribution in [3.8, 4) is 5.75 Å². The number of carbonyl (C=O) groups excluding carboxylic acids is 4. The van der Waals surface area contributed by atoms with Gasteiger partial charge in [0.1, 0.15) is 0 Å². The standard InChI is InChI=1S/C25H15Br2N2O6/c26-16-8-5-9-17(27)23(16)34-24(32)22-14-6-1-3-10-18(14)28(19-11-4-2-7-15(19)22)25(33)35-29-20(30)12-13-21(29)31/h1-11H,12-13H2/q+1. The van der Waals surface area contributed by atoms with E-state index in [1.165, 1.54) is 4.57 Å². The fraction of sp³-hybridized carbons (Fsp3) is 0.0800. The summed E-state index contributed by atoms with van der Waals surface area (Å²) in [5.74, 6) is -1.49. The number of aromatic nitrogens is 1. The van der Waals surface area contributed by atoms with Gasteiger partial charge in [-0.15, -0.1) is 0 Å². The van der Waals surface area contributed by atoms with Gasteiger partial charge in [-0.25, -0.2) is 4.79 Å². The van der Waals surface area contributed by atoms with Crippen LogP contribution in [0.3, 0.4) is 0 Å². The maximum atomic E-state index is 13.5. The van der Waals surface area contributed by atoms with Gasteiger partial charge in [0.25, 0.3) is 11.8 Å². The fourth-order valence-corrected chi connectivity index (χ4v) is 5.11. The van der Waals surface area contributed by atoms with Gasteiger partial charge < -0.3 is 4.74 Å². The van der Waals surface area contributed by atoms with E-state index in [1.807, 2.05) is 0 Å². The van der Waals surface area contributed by atoms with Gasteiger partial charge in [-0.1, -0.05) is 40.0 Å². The number of carbonyl (C=O) groups is 4. The number of rotatable bonds is 3. The number of amides is 2.